The van der Waals surface area contributed by atoms with Crippen LogP contribution >= 0.6 is 0 Å². The predicted molar refractivity (Wildman–Crippen MR) is 62.1 cm³/mol. The fourth-order valence-electron chi connectivity index (χ4n) is 1.32. The quantitative estimate of drug-likeness (QED) is 0.625. The Morgan fingerprint density at radius 2 is 1.81 bits per heavy atom. The van der Waals surface area contributed by atoms with E-state index in [-0.39, 0.29) is 5.43 Å². The van der Waals surface area contributed by atoms with Crippen molar-refractivity contribution in [1.82, 2.24) is 0 Å². The van der Waals surface area contributed by atoms with E-state index in [9.17, 15) is 4.79 Å². The van der Waals surface area contributed by atoms with Gasteiger partial charge >= 0.3 is 0 Å². The molecule has 0 aliphatic heterocycles. The molecule has 0 amide bonds. The lowest BCUT2D eigenvalue weighted by atomic mass is 10.2. The van der Waals surface area contributed by atoms with Crippen molar-refractivity contribution in [1.29, 1.82) is 0 Å². The molecule has 2 nitrogen and oxygen atoms in total. The monoisotopic (exact) mass is 210 g/mol. The van der Waals surface area contributed by atoms with Crippen LogP contribution in [-0.2, 0) is 0 Å². The van der Waals surface area contributed by atoms with Crippen molar-refractivity contribution in [2.45, 2.75) is 6.92 Å². The second-order valence-electron chi connectivity index (χ2n) is 3.33. The first-order valence-corrected chi connectivity index (χ1v) is 4.93. The van der Waals surface area contributed by atoms with Gasteiger partial charge in [-0.05, 0) is 19.1 Å². The van der Waals surface area contributed by atoms with Gasteiger partial charge in [-0.2, -0.15) is 0 Å². The molecule has 0 spiro atoms. The van der Waals surface area contributed by atoms with Crippen molar-refractivity contribution in [2.75, 3.05) is 0 Å². The van der Waals surface area contributed by atoms with E-state index in [0.29, 0.717) is 11.3 Å². The van der Waals surface area contributed by atoms with Crippen LogP contribution in [-0.4, -0.2) is 0 Å². The molecule has 2 aromatic rings. The van der Waals surface area contributed by atoms with Gasteiger partial charge in [-0.25, -0.2) is 0 Å². The highest BCUT2D eigenvalue weighted by atomic mass is 16.3. The molecule has 0 bridgehead atoms. The van der Waals surface area contributed by atoms with Crippen molar-refractivity contribution in [2.24, 2.45) is 0 Å². The van der Waals surface area contributed by atoms with E-state index in [2.05, 4.69) is 11.8 Å². The first kappa shape index (κ1) is 10.3. The van der Waals surface area contributed by atoms with Crippen molar-refractivity contribution in [3.8, 4) is 11.8 Å². The van der Waals surface area contributed by atoms with Crippen molar-refractivity contribution >= 4 is 0 Å². The maximum absolute atomic E-state index is 11.5. The minimum absolute atomic E-state index is 0.104. The van der Waals surface area contributed by atoms with Crippen molar-refractivity contribution in [3.05, 3.63) is 69.8 Å². The topological polar surface area (TPSA) is 30.2 Å². The van der Waals surface area contributed by atoms with Gasteiger partial charge in [-0.15, -0.1) is 0 Å². The van der Waals surface area contributed by atoms with Gasteiger partial charge in [0.2, 0.25) is 5.43 Å². The lowest BCUT2D eigenvalue weighted by molar-refractivity contribution is 0.512. The standard InChI is InChI=1S/C14H10O2/c1-11-13(14(15)9-10-16-11)8-7-12-5-3-2-4-6-12/h2-6,9-10H,1H3. The Bertz CT molecular complexity index is 598. The van der Waals surface area contributed by atoms with Gasteiger partial charge < -0.3 is 4.42 Å². The van der Waals surface area contributed by atoms with E-state index in [4.69, 9.17) is 4.42 Å². The normalized spacial score (nSPS) is 9.31. The Morgan fingerprint density at radius 3 is 2.50 bits per heavy atom. The molecule has 1 heterocycles. The van der Waals surface area contributed by atoms with E-state index < -0.39 is 0 Å². The molecule has 0 fully saturated rings. The Balaban J connectivity index is 2.43. The summed E-state index contributed by atoms with van der Waals surface area (Å²) in [5.41, 5.74) is 1.20. The number of benzene rings is 1. The van der Waals surface area contributed by atoms with Crippen LogP contribution < -0.4 is 5.43 Å². The zero-order chi connectivity index (χ0) is 11.4. The largest absolute Gasteiger partial charge is 0.468 e. The number of aryl methyl sites for hydroxylation is 1. The highest BCUT2D eigenvalue weighted by molar-refractivity contribution is 5.43. The van der Waals surface area contributed by atoms with Gasteiger partial charge in [0.15, 0.2) is 0 Å². The second kappa shape index (κ2) is 4.50. The zero-order valence-corrected chi connectivity index (χ0v) is 8.86. The van der Waals surface area contributed by atoms with Crippen LogP contribution in [0.1, 0.15) is 16.9 Å². The molecule has 78 valence electrons. The Hall–Kier alpha value is -2.27. The first-order chi connectivity index (χ1) is 7.77. The molecular weight excluding hydrogens is 200 g/mol. The summed E-state index contributed by atoms with van der Waals surface area (Å²) in [6.45, 7) is 1.73. The van der Waals surface area contributed by atoms with Crippen LogP contribution in [0.4, 0.5) is 0 Å². The van der Waals surface area contributed by atoms with Gasteiger partial charge in [0.05, 0.1) is 6.26 Å². The van der Waals surface area contributed by atoms with Gasteiger partial charge in [0.1, 0.15) is 11.3 Å². The van der Waals surface area contributed by atoms with Crippen LogP contribution in [0, 0.1) is 18.8 Å². The summed E-state index contributed by atoms with van der Waals surface area (Å²) in [4.78, 5) is 11.5. The van der Waals surface area contributed by atoms with Gasteiger partial charge in [0, 0.05) is 11.6 Å². The highest BCUT2D eigenvalue weighted by Crippen LogP contribution is 2.01. The predicted octanol–water partition coefficient (Wildman–Crippen LogP) is 2.35. The Kier molecular flexibility index (Phi) is 2.88. The van der Waals surface area contributed by atoms with Gasteiger partial charge in [0.25, 0.3) is 0 Å². The molecule has 0 saturated carbocycles. The van der Waals surface area contributed by atoms with Crippen LogP contribution in [0.2, 0.25) is 0 Å². The van der Waals surface area contributed by atoms with Crippen LogP contribution in [0.3, 0.4) is 0 Å². The Morgan fingerprint density at radius 1 is 1.06 bits per heavy atom. The van der Waals surface area contributed by atoms with Crippen LogP contribution in [0.25, 0.3) is 0 Å². The smallest absolute Gasteiger partial charge is 0.200 e. The van der Waals surface area contributed by atoms with E-state index in [1.807, 2.05) is 30.3 Å². The molecule has 0 aliphatic rings. The minimum atomic E-state index is -0.104. The third kappa shape index (κ3) is 2.21. The van der Waals surface area contributed by atoms with E-state index in [1.54, 1.807) is 6.92 Å². The highest BCUT2D eigenvalue weighted by Gasteiger charge is 2.00. The summed E-state index contributed by atoms with van der Waals surface area (Å²) in [5, 5.41) is 0. The third-order valence-electron chi connectivity index (χ3n) is 2.17. The summed E-state index contributed by atoms with van der Waals surface area (Å²) in [7, 11) is 0. The van der Waals surface area contributed by atoms with E-state index >= 15 is 0 Å². The summed E-state index contributed by atoms with van der Waals surface area (Å²) >= 11 is 0. The molecule has 0 saturated heterocycles. The SMILES string of the molecule is Cc1occc(=O)c1C#Cc1ccccc1. The second-order valence-corrected chi connectivity index (χ2v) is 3.33. The number of hydrogen-bond acceptors (Lipinski definition) is 2. The molecular formula is C14H10O2. The molecule has 1 aromatic heterocycles. The summed E-state index contributed by atoms with van der Waals surface area (Å²) in [5.74, 6) is 6.33. The number of rotatable bonds is 0. The first-order valence-electron chi connectivity index (χ1n) is 4.93. The van der Waals surface area contributed by atoms with Gasteiger partial charge in [-0.3, -0.25) is 4.79 Å². The van der Waals surface area contributed by atoms with E-state index in [0.717, 1.165) is 5.56 Å². The molecule has 0 unspecified atom stereocenters. The molecule has 0 atom stereocenters. The zero-order valence-electron chi connectivity index (χ0n) is 8.86. The molecule has 0 radical (unpaired) electrons. The third-order valence-corrected chi connectivity index (χ3v) is 2.17. The van der Waals surface area contributed by atoms with E-state index in [1.165, 1.54) is 12.3 Å². The lowest BCUT2D eigenvalue weighted by Crippen LogP contribution is -2.04. The molecule has 16 heavy (non-hydrogen) atoms. The lowest BCUT2D eigenvalue weighted by Gasteiger charge is -1.93. The molecule has 2 rings (SSSR count). The fourth-order valence-corrected chi connectivity index (χ4v) is 1.32. The summed E-state index contributed by atoms with van der Waals surface area (Å²) < 4.78 is 5.12. The number of hydrogen-bond donors (Lipinski definition) is 0. The summed E-state index contributed by atoms with van der Waals surface area (Å²) in [6.07, 6.45) is 1.38. The average Bonchev–Trinajstić information content (AvgIpc) is 2.30. The maximum Gasteiger partial charge on any atom is 0.200 e. The maximum atomic E-state index is 11.5. The fraction of sp³-hybridized carbons (Fsp3) is 0.0714. The van der Waals surface area contributed by atoms with Crippen molar-refractivity contribution in [3.63, 3.8) is 0 Å². The molecule has 0 N–H and O–H groups in total. The molecule has 0 aliphatic carbocycles. The van der Waals surface area contributed by atoms with Crippen LogP contribution in [0.5, 0.6) is 0 Å². The summed E-state index contributed by atoms with van der Waals surface area (Å²) in [6, 6.07) is 10.9. The molecule has 2 heteroatoms. The molecule has 1 aromatic carbocycles. The average molecular weight is 210 g/mol. The Labute approximate surface area is 93.5 Å². The van der Waals surface area contributed by atoms with Crippen LogP contribution in [0.15, 0.2) is 51.9 Å². The minimum Gasteiger partial charge on any atom is -0.468 e. The van der Waals surface area contributed by atoms with Crippen molar-refractivity contribution < 1.29 is 4.42 Å². The van der Waals surface area contributed by atoms with Gasteiger partial charge in [-0.1, -0.05) is 30.0 Å².